The molecule has 0 unspecified atom stereocenters. The maximum atomic E-state index is 12.8. The number of hydrogen-bond donors (Lipinski definition) is 0. The zero-order valence-corrected chi connectivity index (χ0v) is 16.0. The lowest BCUT2D eigenvalue weighted by molar-refractivity contribution is -0.144. The molecule has 7 heteroatoms. The molecule has 2 saturated heterocycles. The van der Waals surface area contributed by atoms with Crippen molar-refractivity contribution < 1.29 is 27.8 Å². The first-order valence-electron chi connectivity index (χ1n) is 9.85. The third kappa shape index (κ3) is 3.71. The average Bonchev–Trinajstić information content (AvgIpc) is 3.04. The van der Waals surface area contributed by atoms with E-state index in [0.29, 0.717) is 37.6 Å². The van der Waals surface area contributed by atoms with Gasteiger partial charge in [0.15, 0.2) is 0 Å². The zero-order chi connectivity index (χ0) is 19.9. The average molecular weight is 393 g/mol. The van der Waals surface area contributed by atoms with Gasteiger partial charge in [-0.05, 0) is 55.7 Å². The quantitative estimate of drug-likeness (QED) is 0.733. The number of nitrogens with zero attached hydrogens (tertiary/aromatic N) is 1. The Kier molecular flexibility index (Phi) is 5.02. The van der Waals surface area contributed by atoms with E-state index in [1.165, 1.54) is 0 Å². The van der Waals surface area contributed by atoms with Crippen LogP contribution in [0.25, 0.3) is 0 Å². The number of amides is 1. The van der Waals surface area contributed by atoms with Gasteiger partial charge in [0.05, 0.1) is 13.0 Å². The largest absolute Gasteiger partial charge is 0.465 e. The molecule has 28 heavy (non-hydrogen) atoms. The maximum Gasteiger partial charge on any atom is 0.387 e. The third-order valence-corrected chi connectivity index (χ3v) is 6.46. The Labute approximate surface area is 163 Å². The Hall–Kier alpha value is -2.18. The maximum absolute atomic E-state index is 12.8. The van der Waals surface area contributed by atoms with E-state index in [4.69, 9.17) is 4.74 Å². The summed E-state index contributed by atoms with van der Waals surface area (Å²) in [7, 11) is 0. The molecule has 2 aliphatic heterocycles. The van der Waals surface area contributed by atoms with Crippen molar-refractivity contribution in [2.45, 2.75) is 51.6 Å². The molecule has 3 aliphatic rings. The molecule has 0 aromatic heterocycles. The van der Waals surface area contributed by atoms with Crippen molar-refractivity contribution >= 4 is 11.9 Å². The first-order valence-corrected chi connectivity index (χ1v) is 9.85. The lowest BCUT2D eigenvalue weighted by Gasteiger charge is -2.45. The molecule has 1 amide bonds. The van der Waals surface area contributed by atoms with E-state index in [9.17, 15) is 18.4 Å². The molecule has 0 bridgehead atoms. The summed E-state index contributed by atoms with van der Waals surface area (Å²) < 4.78 is 34.4. The van der Waals surface area contributed by atoms with E-state index in [1.807, 2.05) is 17.0 Å². The molecule has 1 spiro atoms. The van der Waals surface area contributed by atoms with Crippen LogP contribution in [-0.2, 0) is 14.3 Å². The monoisotopic (exact) mass is 393 g/mol. The van der Waals surface area contributed by atoms with E-state index in [1.54, 1.807) is 13.0 Å². The summed E-state index contributed by atoms with van der Waals surface area (Å²) in [6.45, 7) is 0.818. The van der Waals surface area contributed by atoms with Gasteiger partial charge in [-0.25, -0.2) is 0 Å². The Morgan fingerprint density at radius 3 is 2.57 bits per heavy atom. The number of rotatable bonds is 4. The molecule has 0 N–H and O–H groups in total. The number of ether oxygens (including phenoxy) is 2. The summed E-state index contributed by atoms with van der Waals surface area (Å²) in [5.41, 5.74) is 1.72. The smallest absolute Gasteiger partial charge is 0.387 e. The number of aryl methyl sites for hydroxylation is 1. The van der Waals surface area contributed by atoms with E-state index >= 15 is 0 Å². The van der Waals surface area contributed by atoms with Crippen molar-refractivity contribution in [3.05, 3.63) is 29.3 Å². The van der Waals surface area contributed by atoms with Crippen LogP contribution < -0.4 is 4.74 Å². The SMILES string of the molecule is Cc1cc(C2CCN(C(=O)C3CC4(COC(=O)C4)C3)CC2)ccc1OC(F)F. The summed E-state index contributed by atoms with van der Waals surface area (Å²) >= 11 is 0. The van der Waals surface area contributed by atoms with Gasteiger partial charge in [0.2, 0.25) is 5.91 Å². The minimum absolute atomic E-state index is 0.0130. The highest BCUT2D eigenvalue weighted by atomic mass is 19.3. The lowest BCUT2D eigenvalue weighted by Crippen LogP contribution is -2.49. The number of cyclic esters (lactones) is 1. The highest BCUT2D eigenvalue weighted by molar-refractivity contribution is 5.81. The van der Waals surface area contributed by atoms with Crippen LogP contribution in [0.1, 0.15) is 49.1 Å². The van der Waals surface area contributed by atoms with E-state index < -0.39 is 6.61 Å². The number of alkyl halides is 2. The van der Waals surface area contributed by atoms with Crippen LogP contribution in [0.4, 0.5) is 8.78 Å². The van der Waals surface area contributed by atoms with Gasteiger partial charge in [-0.3, -0.25) is 9.59 Å². The summed E-state index contributed by atoms with van der Waals surface area (Å²) in [6.07, 6.45) is 3.67. The molecule has 0 radical (unpaired) electrons. The highest BCUT2D eigenvalue weighted by Crippen LogP contribution is 2.52. The van der Waals surface area contributed by atoms with Crippen molar-refractivity contribution in [2.24, 2.45) is 11.3 Å². The van der Waals surface area contributed by atoms with Crippen molar-refractivity contribution in [2.75, 3.05) is 19.7 Å². The molecule has 5 nitrogen and oxygen atoms in total. The Bertz CT molecular complexity index is 768. The Morgan fingerprint density at radius 1 is 1.29 bits per heavy atom. The van der Waals surface area contributed by atoms with Crippen LogP contribution in [0.15, 0.2) is 18.2 Å². The summed E-state index contributed by atoms with van der Waals surface area (Å²) in [6, 6.07) is 5.36. The van der Waals surface area contributed by atoms with Gasteiger partial charge >= 0.3 is 12.6 Å². The number of benzene rings is 1. The number of likely N-dealkylation sites (tertiary alicyclic amines) is 1. The van der Waals surface area contributed by atoms with Crippen LogP contribution in [0.2, 0.25) is 0 Å². The minimum Gasteiger partial charge on any atom is -0.465 e. The standard InChI is InChI=1S/C21H25F2NO4/c1-13-8-15(2-3-17(13)28-20(22)23)14-4-6-24(7-5-14)19(26)16-9-21(10-16)11-18(25)27-12-21/h2-3,8,14,16,20H,4-7,9-12H2,1H3. The second-order valence-corrected chi connectivity index (χ2v) is 8.45. The molecule has 0 atom stereocenters. The van der Waals surface area contributed by atoms with Gasteiger partial charge in [-0.15, -0.1) is 0 Å². The predicted molar refractivity (Wildman–Crippen MR) is 97.1 cm³/mol. The van der Waals surface area contributed by atoms with Gasteiger partial charge in [-0.2, -0.15) is 8.78 Å². The van der Waals surface area contributed by atoms with Crippen LogP contribution in [0.3, 0.4) is 0 Å². The van der Waals surface area contributed by atoms with Gasteiger partial charge in [-0.1, -0.05) is 12.1 Å². The van der Waals surface area contributed by atoms with Gasteiger partial charge < -0.3 is 14.4 Å². The fourth-order valence-electron chi connectivity index (χ4n) is 4.91. The number of halogens is 2. The van der Waals surface area contributed by atoms with Gasteiger partial charge in [0.25, 0.3) is 0 Å². The number of carbonyl (C=O) groups is 2. The Morgan fingerprint density at radius 2 is 2.00 bits per heavy atom. The highest BCUT2D eigenvalue weighted by Gasteiger charge is 2.53. The molecule has 3 fully saturated rings. The molecule has 1 saturated carbocycles. The summed E-state index contributed by atoms with van der Waals surface area (Å²) in [5, 5.41) is 0. The van der Waals surface area contributed by atoms with E-state index in [0.717, 1.165) is 31.2 Å². The number of esters is 1. The van der Waals surface area contributed by atoms with Gasteiger partial charge in [0, 0.05) is 24.4 Å². The second-order valence-electron chi connectivity index (χ2n) is 8.45. The topological polar surface area (TPSA) is 55.8 Å². The summed E-state index contributed by atoms with van der Waals surface area (Å²) in [4.78, 5) is 26.0. The molecule has 4 rings (SSSR count). The van der Waals surface area contributed by atoms with Gasteiger partial charge in [0.1, 0.15) is 5.75 Å². The first kappa shape index (κ1) is 19.2. The third-order valence-electron chi connectivity index (χ3n) is 6.46. The normalized spacial score (nSPS) is 27.8. The van der Waals surface area contributed by atoms with Crippen LogP contribution in [0.5, 0.6) is 5.75 Å². The molecule has 2 heterocycles. The molecule has 1 aromatic rings. The van der Waals surface area contributed by atoms with Crippen molar-refractivity contribution in [3.63, 3.8) is 0 Å². The van der Waals surface area contributed by atoms with Crippen LogP contribution in [-0.4, -0.2) is 43.1 Å². The molecule has 152 valence electrons. The van der Waals surface area contributed by atoms with Crippen LogP contribution in [0, 0.1) is 18.3 Å². The van der Waals surface area contributed by atoms with Crippen molar-refractivity contribution in [3.8, 4) is 5.75 Å². The zero-order valence-electron chi connectivity index (χ0n) is 16.0. The first-order chi connectivity index (χ1) is 13.3. The van der Waals surface area contributed by atoms with E-state index in [-0.39, 0.29) is 29.0 Å². The minimum atomic E-state index is -2.82. The van der Waals surface area contributed by atoms with Crippen molar-refractivity contribution in [1.29, 1.82) is 0 Å². The molecule has 1 aliphatic carbocycles. The fourth-order valence-corrected chi connectivity index (χ4v) is 4.91. The molecular weight excluding hydrogens is 368 g/mol. The Balaban J connectivity index is 1.29. The number of carbonyl (C=O) groups excluding carboxylic acids is 2. The second kappa shape index (κ2) is 7.33. The molecular formula is C21H25F2NO4. The number of piperidine rings is 1. The summed E-state index contributed by atoms with van der Waals surface area (Å²) in [5.74, 6) is 0.586. The number of hydrogen-bond acceptors (Lipinski definition) is 4. The van der Waals surface area contributed by atoms with Crippen molar-refractivity contribution in [1.82, 2.24) is 4.90 Å². The fraction of sp³-hybridized carbons (Fsp3) is 0.619. The lowest BCUT2D eigenvalue weighted by atomic mass is 9.61. The van der Waals surface area contributed by atoms with E-state index in [2.05, 4.69) is 4.74 Å². The predicted octanol–water partition coefficient (Wildman–Crippen LogP) is 3.65. The van der Waals surface area contributed by atoms with Crippen LogP contribution >= 0.6 is 0 Å². The molecule has 1 aromatic carbocycles.